The summed E-state index contributed by atoms with van der Waals surface area (Å²) in [6.45, 7) is 4.78. The van der Waals surface area contributed by atoms with Crippen molar-refractivity contribution < 1.29 is 4.79 Å². The van der Waals surface area contributed by atoms with Crippen molar-refractivity contribution in [3.05, 3.63) is 35.0 Å². The average molecular weight is 289 g/mol. The first-order chi connectivity index (χ1) is 9.63. The first-order valence-electron chi connectivity index (χ1n) is 6.77. The molecule has 1 amide bonds. The summed E-state index contributed by atoms with van der Waals surface area (Å²) < 4.78 is 0. The average Bonchev–Trinajstić information content (AvgIpc) is 2.87. The number of amides is 1. The van der Waals surface area contributed by atoms with Crippen LogP contribution in [-0.4, -0.2) is 34.4 Å². The summed E-state index contributed by atoms with van der Waals surface area (Å²) in [6, 6.07) is 5.70. The Morgan fingerprint density at radius 2 is 2.20 bits per heavy atom. The van der Waals surface area contributed by atoms with Crippen molar-refractivity contribution in [2.45, 2.75) is 26.7 Å². The fourth-order valence-corrected chi connectivity index (χ4v) is 2.90. The van der Waals surface area contributed by atoms with E-state index in [1.54, 1.807) is 11.1 Å². The lowest BCUT2D eigenvalue weighted by atomic mass is 10.3. The van der Waals surface area contributed by atoms with E-state index in [9.17, 15) is 4.79 Å². The van der Waals surface area contributed by atoms with E-state index in [0.29, 0.717) is 4.88 Å². The smallest absolute Gasteiger partial charge is 0.265 e. The Kier molecular flexibility index (Phi) is 4.84. The van der Waals surface area contributed by atoms with Crippen LogP contribution in [-0.2, 0) is 0 Å². The van der Waals surface area contributed by atoms with Gasteiger partial charge in [0, 0.05) is 19.8 Å². The second-order valence-corrected chi connectivity index (χ2v) is 5.73. The zero-order chi connectivity index (χ0) is 14.5. The number of unbranched alkanes of at least 4 members (excludes halogenated alkanes) is 1. The predicted molar refractivity (Wildman–Crippen MR) is 82.0 cm³/mol. The highest BCUT2D eigenvalue weighted by molar-refractivity contribution is 7.17. The van der Waals surface area contributed by atoms with Gasteiger partial charge in [-0.2, -0.15) is 0 Å². The molecule has 20 heavy (non-hydrogen) atoms. The maximum Gasteiger partial charge on any atom is 0.265 e. The summed E-state index contributed by atoms with van der Waals surface area (Å²) in [5.41, 5.74) is 1.60. The molecule has 2 heterocycles. The Hall–Kier alpha value is -1.75. The molecule has 2 rings (SSSR count). The molecule has 0 aliphatic carbocycles. The van der Waals surface area contributed by atoms with Gasteiger partial charge in [0.15, 0.2) is 0 Å². The summed E-state index contributed by atoms with van der Waals surface area (Å²) in [7, 11) is 1.84. The Morgan fingerprint density at radius 3 is 2.85 bits per heavy atom. The molecule has 0 aromatic carbocycles. The van der Waals surface area contributed by atoms with Crippen LogP contribution in [0, 0.1) is 6.92 Å². The van der Waals surface area contributed by atoms with E-state index in [0.717, 1.165) is 35.8 Å². The molecule has 0 bridgehead atoms. The molecule has 0 fully saturated rings. The molecule has 106 valence electrons. The van der Waals surface area contributed by atoms with Crippen molar-refractivity contribution in [3.8, 4) is 10.7 Å². The Morgan fingerprint density at radius 1 is 1.40 bits per heavy atom. The fraction of sp³-hybridized carbons (Fsp3) is 0.400. The zero-order valence-electron chi connectivity index (χ0n) is 12.1. The van der Waals surface area contributed by atoms with Crippen molar-refractivity contribution in [1.82, 2.24) is 14.9 Å². The molecule has 0 saturated heterocycles. The lowest BCUT2D eigenvalue weighted by Crippen LogP contribution is -2.27. The second kappa shape index (κ2) is 6.61. The molecular formula is C15H19N3OS. The van der Waals surface area contributed by atoms with E-state index in [1.807, 2.05) is 32.2 Å². The molecule has 0 atom stereocenters. The lowest BCUT2D eigenvalue weighted by Gasteiger charge is -2.15. The van der Waals surface area contributed by atoms with E-state index < -0.39 is 0 Å². The van der Waals surface area contributed by atoms with E-state index >= 15 is 0 Å². The van der Waals surface area contributed by atoms with Gasteiger partial charge in [0.05, 0.1) is 11.4 Å². The van der Waals surface area contributed by atoms with Crippen LogP contribution in [0.25, 0.3) is 10.7 Å². The maximum atomic E-state index is 12.4. The summed E-state index contributed by atoms with van der Waals surface area (Å²) in [5, 5.41) is 0.801. The van der Waals surface area contributed by atoms with Crippen molar-refractivity contribution in [2.75, 3.05) is 13.6 Å². The van der Waals surface area contributed by atoms with Gasteiger partial charge in [-0.1, -0.05) is 19.4 Å². The van der Waals surface area contributed by atoms with Crippen LogP contribution in [0.1, 0.15) is 35.1 Å². The van der Waals surface area contributed by atoms with Crippen LogP contribution in [0.4, 0.5) is 0 Å². The zero-order valence-corrected chi connectivity index (χ0v) is 12.9. The molecule has 2 aromatic heterocycles. The number of rotatable bonds is 5. The normalized spacial score (nSPS) is 10.6. The van der Waals surface area contributed by atoms with Crippen molar-refractivity contribution in [2.24, 2.45) is 0 Å². The summed E-state index contributed by atoms with van der Waals surface area (Å²) in [6.07, 6.45) is 3.84. The maximum absolute atomic E-state index is 12.4. The van der Waals surface area contributed by atoms with E-state index in [2.05, 4.69) is 16.9 Å². The minimum absolute atomic E-state index is 0.0515. The number of thiazole rings is 1. The predicted octanol–water partition coefficient (Wildman–Crippen LogP) is 3.39. The van der Waals surface area contributed by atoms with Gasteiger partial charge in [-0.15, -0.1) is 11.3 Å². The number of carbonyl (C=O) groups excluding carboxylic acids is 1. The molecule has 0 saturated carbocycles. The molecule has 0 N–H and O–H groups in total. The minimum Gasteiger partial charge on any atom is -0.341 e. The third kappa shape index (κ3) is 3.22. The first kappa shape index (κ1) is 14.7. The molecule has 0 unspecified atom stereocenters. The summed E-state index contributed by atoms with van der Waals surface area (Å²) in [5.74, 6) is 0.0515. The number of hydrogen-bond donors (Lipinski definition) is 0. The van der Waals surface area contributed by atoms with Crippen molar-refractivity contribution in [3.63, 3.8) is 0 Å². The molecule has 0 spiro atoms. The van der Waals surface area contributed by atoms with Crippen molar-refractivity contribution in [1.29, 1.82) is 0 Å². The van der Waals surface area contributed by atoms with Crippen LogP contribution in [0.2, 0.25) is 0 Å². The topological polar surface area (TPSA) is 46.1 Å². The third-order valence-corrected chi connectivity index (χ3v) is 4.24. The fourth-order valence-electron chi connectivity index (χ4n) is 1.86. The molecular weight excluding hydrogens is 270 g/mol. The monoisotopic (exact) mass is 289 g/mol. The van der Waals surface area contributed by atoms with Gasteiger partial charge in [-0.3, -0.25) is 9.78 Å². The Bertz CT molecular complexity index is 580. The molecule has 2 aromatic rings. The quantitative estimate of drug-likeness (QED) is 0.847. The summed E-state index contributed by atoms with van der Waals surface area (Å²) >= 11 is 1.42. The van der Waals surface area contributed by atoms with Crippen LogP contribution in [0.15, 0.2) is 24.4 Å². The molecule has 0 aliphatic heterocycles. The largest absolute Gasteiger partial charge is 0.341 e. The highest BCUT2D eigenvalue weighted by Gasteiger charge is 2.19. The van der Waals surface area contributed by atoms with Crippen LogP contribution in [0.5, 0.6) is 0 Å². The van der Waals surface area contributed by atoms with E-state index in [4.69, 9.17) is 0 Å². The SMILES string of the molecule is CCCCN(C)C(=O)c1sc(-c2ccccn2)nc1C. The summed E-state index contributed by atoms with van der Waals surface area (Å²) in [4.78, 5) is 23.6. The highest BCUT2D eigenvalue weighted by Crippen LogP contribution is 2.27. The van der Waals surface area contributed by atoms with Crippen LogP contribution in [0.3, 0.4) is 0 Å². The minimum atomic E-state index is 0.0515. The van der Waals surface area contributed by atoms with Gasteiger partial charge in [-0.05, 0) is 25.5 Å². The Balaban J connectivity index is 2.21. The number of aromatic nitrogens is 2. The molecule has 5 heteroatoms. The number of hydrogen-bond acceptors (Lipinski definition) is 4. The van der Waals surface area contributed by atoms with Gasteiger partial charge in [-0.25, -0.2) is 4.98 Å². The standard InChI is InChI=1S/C15H19N3OS/c1-4-5-10-18(3)15(19)13-11(2)17-14(20-13)12-8-6-7-9-16-12/h6-9H,4-5,10H2,1-3H3. The highest BCUT2D eigenvalue weighted by atomic mass is 32.1. The number of pyridine rings is 1. The van der Waals surface area contributed by atoms with E-state index in [-0.39, 0.29) is 5.91 Å². The van der Waals surface area contributed by atoms with Crippen molar-refractivity contribution >= 4 is 17.2 Å². The van der Waals surface area contributed by atoms with Crippen LogP contribution >= 0.6 is 11.3 Å². The molecule has 0 aliphatic rings. The van der Waals surface area contributed by atoms with Crippen LogP contribution < -0.4 is 0 Å². The van der Waals surface area contributed by atoms with Gasteiger partial charge in [0.1, 0.15) is 9.88 Å². The second-order valence-electron chi connectivity index (χ2n) is 4.73. The van der Waals surface area contributed by atoms with Gasteiger partial charge in [0.25, 0.3) is 5.91 Å². The third-order valence-electron chi connectivity index (χ3n) is 3.07. The first-order valence-corrected chi connectivity index (χ1v) is 7.59. The molecule has 4 nitrogen and oxygen atoms in total. The van der Waals surface area contributed by atoms with Gasteiger partial charge >= 0.3 is 0 Å². The number of carbonyl (C=O) groups is 1. The van der Waals surface area contributed by atoms with E-state index in [1.165, 1.54) is 11.3 Å². The molecule has 0 radical (unpaired) electrons. The van der Waals surface area contributed by atoms with Gasteiger partial charge in [0.2, 0.25) is 0 Å². The van der Waals surface area contributed by atoms with Gasteiger partial charge < -0.3 is 4.90 Å². The Labute approximate surface area is 123 Å². The number of aryl methyl sites for hydroxylation is 1. The lowest BCUT2D eigenvalue weighted by molar-refractivity contribution is 0.0797. The number of nitrogens with zero attached hydrogens (tertiary/aromatic N) is 3.